The first kappa shape index (κ1) is 12.4. The van der Waals surface area contributed by atoms with Crippen molar-refractivity contribution in [3.63, 3.8) is 0 Å². The van der Waals surface area contributed by atoms with Crippen molar-refractivity contribution < 1.29 is 0 Å². The minimum atomic E-state index is 0.495. The number of aromatic nitrogens is 4. The maximum Gasteiger partial charge on any atom is 0.209 e. The molecule has 7 heteroatoms. The molecule has 0 radical (unpaired) electrons. The highest BCUT2D eigenvalue weighted by atomic mass is 35.5. The van der Waals surface area contributed by atoms with Gasteiger partial charge in [0.05, 0.1) is 10.4 Å². The fraction of sp³-hybridized carbons (Fsp3) is 0.545. The van der Waals surface area contributed by atoms with E-state index in [2.05, 4.69) is 21.6 Å². The Bertz CT molecular complexity index is 519. The molecule has 3 rings (SSSR count). The molecule has 0 unspecified atom stereocenters. The molecule has 2 aromatic rings. The Hall–Kier alpha value is -0.590. The molecule has 0 aliphatic heterocycles. The van der Waals surface area contributed by atoms with Crippen molar-refractivity contribution in [3.05, 3.63) is 21.3 Å². The van der Waals surface area contributed by atoms with E-state index < -0.39 is 0 Å². The Kier molecular flexibility index (Phi) is 3.86. The molecule has 0 saturated heterocycles. The van der Waals surface area contributed by atoms with Crippen molar-refractivity contribution in [2.75, 3.05) is 0 Å². The number of hydrogen-bond donors (Lipinski definition) is 0. The van der Waals surface area contributed by atoms with Crippen LogP contribution in [0.4, 0.5) is 0 Å². The van der Waals surface area contributed by atoms with Gasteiger partial charge in [0.25, 0.3) is 0 Å². The molecule has 0 N–H and O–H groups in total. The SMILES string of the molecule is Clc1ccc(CSc2nnnn2C2CCCC2)s1. The van der Waals surface area contributed by atoms with E-state index in [1.54, 1.807) is 23.1 Å². The molecule has 18 heavy (non-hydrogen) atoms. The first-order valence-corrected chi connectivity index (χ1v) is 8.16. The van der Waals surface area contributed by atoms with Gasteiger partial charge in [-0.1, -0.05) is 36.2 Å². The predicted octanol–water partition coefficient (Wildman–Crippen LogP) is 3.80. The number of rotatable bonds is 4. The molecular formula is C11H13ClN4S2. The Labute approximate surface area is 119 Å². The fourth-order valence-corrected chi connectivity index (χ4v) is 4.30. The van der Waals surface area contributed by atoms with Gasteiger partial charge in [0.2, 0.25) is 5.16 Å². The minimum absolute atomic E-state index is 0.495. The van der Waals surface area contributed by atoms with Gasteiger partial charge in [0, 0.05) is 10.6 Å². The highest BCUT2D eigenvalue weighted by molar-refractivity contribution is 7.98. The molecule has 1 aliphatic rings. The Morgan fingerprint density at radius 2 is 2.22 bits per heavy atom. The largest absolute Gasteiger partial charge is 0.217 e. The van der Waals surface area contributed by atoms with Gasteiger partial charge in [-0.2, -0.15) is 0 Å². The molecule has 4 nitrogen and oxygen atoms in total. The van der Waals surface area contributed by atoms with Gasteiger partial charge in [-0.3, -0.25) is 0 Å². The van der Waals surface area contributed by atoms with Crippen molar-refractivity contribution in [2.24, 2.45) is 0 Å². The third kappa shape index (κ3) is 2.70. The standard InChI is InChI=1S/C11H13ClN4S2/c12-10-6-5-9(18-10)7-17-11-13-14-15-16(11)8-3-1-2-4-8/h5-6,8H,1-4,7H2. The quantitative estimate of drug-likeness (QED) is 0.806. The zero-order valence-corrected chi connectivity index (χ0v) is 12.1. The zero-order chi connectivity index (χ0) is 12.4. The molecule has 1 saturated carbocycles. The van der Waals surface area contributed by atoms with Gasteiger partial charge in [-0.05, 0) is 35.4 Å². The van der Waals surface area contributed by atoms with Crippen LogP contribution in [0.2, 0.25) is 4.34 Å². The molecule has 1 aliphatic carbocycles. The van der Waals surface area contributed by atoms with E-state index in [-0.39, 0.29) is 0 Å². The van der Waals surface area contributed by atoms with Crippen molar-refractivity contribution >= 4 is 34.7 Å². The summed E-state index contributed by atoms with van der Waals surface area (Å²) < 4.78 is 2.83. The first-order valence-electron chi connectivity index (χ1n) is 5.98. The lowest BCUT2D eigenvalue weighted by molar-refractivity contribution is 0.423. The highest BCUT2D eigenvalue weighted by Gasteiger charge is 2.21. The molecule has 0 aromatic carbocycles. The number of hydrogen-bond acceptors (Lipinski definition) is 5. The van der Waals surface area contributed by atoms with Gasteiger partial charge in [0.1, 0.15) is 0 Å². The van der Waals surface area contributed by atoms with Gasteiger partial charge in [0.15, 0.2) is 0 Å². The van der Waals surface area contributed by atoms with Gasteiger partial charge < -0.3 is 0 Å². The average molecular weight is 301 g/mol. The van der Waals surface area contributed by atoms with E-state index in [9.17, 15) is 0 Å². The summed E-state index contributed by atoms with van der Waals surface area (Å²) >= 11 is 9.22. The van der Waals surface area contributed by atoms with Crippen LogP contribution in [-0.4, -0.2) is 20.2 Å². The molecule has 0 atom stereocenters. The van der Waals surface area contributed by atoms with Crippen LogP contribution in [0.25, 0.3) is 0 Å². The maximum absolute atomic E-state index is 5.92. The van der Waals surface area contributed by atoms with Crippen molar-refractivity contribution in [1.29, 1.82) is 0 Å². The Morgan fingerprint density at radius 3 is 2.94 bits per heavy atom. The van der Waals surface area contributed by atoms with Crippen LogP contribution in [0.5, 0.6) is 0 Å². The van der Waals surface area contributed by atoms with E-state index >= 15 is 0 Å². The summed E-state index contributed by atoms with van der Waals surface area (Å²) in [5, 5.41) is 13.0. The van der Waals surface area contributed by atoms with Crippen LogP contribution >= 0.6 is 34.7 Å². The number of nitrogens with zero attached hydrogens (tertiary/aromatic N) is 4. The molecule has 96 valence electrons. The van der Waals surface area contributed by atoms with Crippen LogP contribution in [0.1, 0.15) is 36.6 Å². The van der Waals surface area contributed by atoms with Crippen molar-refractivity contribution in [3.8, 4) is 0 Å². The second-order valence-electron chi connectivity index (χ2n) is 4.34. The van der Waals surface area contributed by atoms with E-state index in [0.717, 1.165) is 15.2 Å². The number of thioether (sulfide) groups is 1. The van der Waals surface area contributed by atoms with Crippen LogP contribution in [0.15, 0.2) is 17.3 Å². The summed E-state index contributed by atoms with van der Waals surface area (Å²) in [6.07, 6.45) is 4.97. The number of tetrazole rings is 1. The van der Waals surface area contributed by atoms with Crippen LogP contribution in [0.3, 0.4) is 0 Å². The fourth-order valence-electron chi connectivity index (χ4n) is 2.22. The maximum atomic E-state index is 5.92. The van der Waals surface area contributed by atoms with Gasteiger partial charge in [-0.25, -0.2) is 4.68 Å². The van der Waals surface area contributed by atoms with Crippen LogP contribution in [0, 0.1) is 0 Å². The van der Waals surface area contributed by atoms with Crippen molar-refractivity contribution in [2.45, 2.75) is 42.6 Å². The number of halogens is 1. The minimum Gasteiger partial charge on any atom is -0.217 e. The third-order valence-electron chi connectivity index (χ3n) is 3.11. The van der Waals surface area contributed by atoms with Gasteiger partial charge >= 0.3 is 0 Å². The third-order valence-corrected chi connectivity index (χ3v) is 5.50. The molecule has 1 fully saturated rings. The summed E-state index contributed by atoms with van der Waals surface area (Å²) in [7, 11) is 0. The second-order valence-corrected chi connectivity index (χ2v) is 7.08. The van der Waals surface area contributed by atoms with E-state index in [4.69, 9.17) is 11.6 Å². The van der Waals surface area contributed by atoms with Crippen LogP contribution < -0.4 is 0 Å². The summed E-state index contributed by atoms with van der Waals surface area (Å²) in [6.45, 7) is 0. The number of thiophene rings is 1. The molecule has 0 spiro atoms. The molecule has 0 bridgehead atoms. The lowest BCUT2D eigenvalue weighted by atomic mass is 10.3. The molecule has 2 heterocycles. The lowest BCUT2D eigenvalue weighted by Crippen LogP contribution is -2.08. The average Bonchev–Trinajstić information content (AvgIpc) is 3.07. The van der Waals surface area contributed by atoms with E-state index in [0.29, 0.717) is 6.04 Å². The van der Waals surface area contributed by atoms with Gasteiger partial charge in [-0.15, -0.1) is 16.4 Å². The Balaban J connectivity index is 1.67. The second kappa shape index (κ2) is 5.59. The summed E-state index contributed by atoms with van der Waals surface area (Å²) in [4.78, 5) is 1.26. The first-order chi connectivity index (χ1) is 8.83. The highest BCUT2D eigenvalue weighted by Crippen LogP contribution is 2.33. The smallest absolute Gasteiger partial charge is 0.209 e. The van der Waals surface area contributed by atoms with E-state index in [1.807, 2.05) is 10.7 Å². The molecular weight excluding hydrogens is 288 g/mol. The van der Waals surface area contributed by atoms with Crippen molar-refractivity contribution in [1.82, 2.24) is 20.2 Å². The summed E-state index contributed by atoms with van der Waals surface area (Å²) in [5.74, 6) is 0.879. The topological polar surface area (TPSA) is 43.6 Å². The van der Waals surface area contributed by atoms with E-state index in [1.165, 1.54) is 30.6 Å². The lowest BCUT2D eigenvalue weighted by Gasteiger charge is -2.10. The Morgan fingerprint density at radius 1 is 1.39 bits per heavy atom. The zero-order valence-electron chi connectivity index (χ0n) is 9.75. The molecule has 0 amide bonds. The van der Waals surface area contributed by atoms with Crippen LogP contribution in [-0.2, 0) is 5.75 Å². The summed E-state index contributed by atoms with van der Waals surface area (Å²) in [5.41, 5.74) is 0. The monoisotopic (exact) mass is 300 g/mol. The molecule has 2 aromatic heterocycles. The predicted molar refractivity (Wildman–Crippen MR) is 74.2 cm³/mol. The summed E-state index contributed by atoms with van der Waals surface area (Å²) in [6, 6.07) is 4.49. The normalized spacial score (nSPS) is 16.5.